The molecule has 2 heterocycles. The van der Waals surface area contributed by atoms with Gasteiger partial charge in [-0.15, -0.1) is 0 Å². The molecule has 25 heavy (non-hydrogen) atoms. The molecule has 1 aromatic heterocycles. The molecule has 1 aliphatic heterocycles. The average Bonchev–Trinajstić information content (AvgIpc) is 3.04. The first-order valence-electron chi connectivity index (χ1n) is 7.93. The van der Waals surface area contributed by atoms with E-state index in [-0.39, 0.29) is 6.04 Å². The van der Waals surface area contributed by atoms with Crippen LogP contribution >= 0.6 is 0 Å². The maximum atomic E-state index is 11.9. The fraction of sp³-hybridized carbons (Fsp3) is 0.158. The van der Waals surface area contributed by atoms with Crippen molar-refractivity contribution in [2.45, 2.75) is 6.04 Å². The molecule has 0 saturated carbocycles. The number of carbonyl (C=O) groups is 1. The Morgan fingerprint density at radius 2 is 2.12 bits per heavy atom. The summed E-state index contributed by atoms with van der Waals surface area (Å²) in [5.41, 5.74) is 7.60. The van der Waals surface area contributed by atoms with E-state index in [0.29, 0.717) is 18.0 Å². The molecule has 3 aromatic rings. The first-order valence-corrected chi connectivity index (χ1v) is 7.93. The van der Waals surface area contributed by atoms with E-state index < -0.39 is 5.91 Å². The molecule has 0 aliphatic carbocycles. The standard InChI is InChI=1S/C19H17N3O3/c1-24-15-7-4-8-16-17(15)14(10-25-16)22-19-12(18(20)23)9-11-5-2-3-6-13(11)21-19/h2-9,14H,10H2,1H3,(H2,20,23)(H,21,22). The monoisotopic (exact) mass is 335 g/mol. The van der Waals surface area contributed by atoms with Gasteiger partial charge in [0, 0.05) is 5.39 Å². The summed E-state index contributed by atoms with van der Waals surface area (Å²) in [7, 11) is 1.62. The third kappa shape index (κ3) is 2.61. The highest BCUT2D eigenvalue weighted by Gasteiger charge is 2.29. The Morgan fingerprint density at radius 1 is 1.28 bits per heavy atom. The van der Waals surface area contributed by atoms with Gasteiger partial charge in [0.1, 0.15) is 23.9 Å². The third-order valence-electron chi connectivity index (χ3n) is 4.30. The number of benzene rings is 2. The van der Waals surface area contributed by atoms with E-state index >= 15 is 0 Å². The molecular weight excluding hydrogens is 318 g/mol. The molecule has 1 aliphatic rings. The fourth-order valence-electron chi connectivity index (χ4n) is 3.12. The van der Waals surface area contributed by atoms with Crippen molar-refractivity contribution < 1.29 is 14.3 Å². The van der Waals surface area contributed by atoms with Crippen LogP contribution in [0.3, 0.4) is 0 Å². The molecular formula is C19H17N3O3. The molecule has 126 valence electrons. The van der Waals surface area contributed by atoms with E-state index in [2.05, 4.69) is 10.3 Å². The lowest BCUT2D eigenvalue weighted by Gasteiger charge is -2.17. The van der Waals surface area contributed by atoms with E-state index in [1.807, 2.05) is 42.5 Å². The minimum atomic E-state index is -0.528. The molecule has 6 heteroatoms. The minimum Gasteiger partial charge on any atom is -0.496 e. The summed E-state index contributed by atoms with van der Waals surface area (Å²) >= 11 is 0. The summed E-state index contributed by atoms with van der Waals surface area (Å²) in [4.78, 5) is 16.5. The highest BCUT2D eigenvalue weighted by atomic mass is 16.5. The van der Waals surface area contributed by atoms with Gasteiger partial charge in [-0.2, -0.15) is 0 Å². The normalized spacial score (nSPS) is 15.5. The average molecular weight is 335 g/mol. The van der Waals surface area contributed by atoms with Crippen molar-refractivity contribution in [1.29, 1.82) is 0 Å². The Bertz CT molecular complexity index is 971. The van der Waals surface area contributed by atoms with Crippen LogP contribution < -0.4 is 20.5 Å². The summed E-state index contributed by atoms with van der Waals surface area (Å²) in [6.07, 6.45) is 0. The second-order valence-corrected chi connectivity index (χ2v) is 5.82. The zero-order valence-corrected chi connectivity index (χ0v) is 13.7. The number of fused-ring (bicyclic) bond motifs is 2. The Balaban J connectivity index is 1.78. The molecule has 3 N–H and O–H groups in total. The number of para-hydroxylation sites is 1. The van der Waals surface area contributed by atoms with Crippen LogP contribution in [0.1, 0.15) is 22.0 Å². The molecule has 1 amide bonds. The summed E-state index contributed by atoms with van der Waals surface area (Å²) < 4.78 is 11.2. The lowest BCUT2D eigenvalue weighted by atomic mass is 10.1. The van der Waals surface area contributed by atoms with E-state index in [0.717, 1.165) is 28.0 Å². The zero-order valence-electron chi connectivity index (χ0n) is 13.7. The highest BCUT2D eigenvalue weighted by molar-refractivity contribution is 6.01. The number of anilines is 1. The number of nitrogens with two attached hydrogens (primary N) is 1. The lowest BCUT2D eigenvalue weighted by Crippen LogP contribution is -2.19. The van der Waals surface area contributed by atoms with Crippen molar-refractivity contribution >= 4 is 22.6 Å². The van der Waals surface area contributed by atoms with E-state index in [1.54, 1.807) is 13.2 Å². The smallest absolute Gasteiger partial charge is 0.252 e. The largest absolute Gasteiger partial charge is 0.496 e. The van der Waals surface area contributed by atoms with Gasteiger partial charge in [-0.1, -0.05) is 24.3 Å². The summed E-state index contributed by atoms with van der Waals surface area (Å²) in [5, 5.41) is 4.16. The molecule has 2 aromatic carbocycles. The number of hydrogen-bond acceptors (Lipinski definition) is 5. The van der Waals surface area contributed by atoms with Gasteiger partial charge in [-0.3, -0.25) is 4.79 Å². The van der Waals surface area contributed by atoms with Gasteiger partial charge in [0.15, 0.2) is 0 Å². The Labute approximate surface area is 144 Å². The fourth-order valence-corrected chi connectivity index (χ4v) is 3.12. The Kier molecular flexibility index (Phi) is 3.65. The predicted molar refractivity (Wildman–Crippen MR) is 95.1 cm³/mol. The van der Waals surface area contributed by atoms with Crippen molar-refractivity contribution in [2.75, 3.05) is 19.0 Å². The van der Waals surface area contributed by atoms with Crippen LogP contribution in [0.5, 0.6) is 11.5 Å². The molecule has 0 bridgehead atoms. The van der Waals surface area contributed by atoms with Gasteiger partial charge in [-0.05, 0) is 24.3 Å². The number of rotatable bonds is 4. The van der Waals surface area contributed by atoms with Crippen molar-refractivity contribution in [3.63, 3.8) is 0 Å². The van der Waals surface area contributed by atoms with Crippen molar-refractivity contribution in [1.82, 2.24) is 4.98 Å². The number of nitrogens with one attached hydrogen (secondary N) is 1. The van der Waals surface area contributed by atoms with Gasteiger partial charge in [0.05, 0.1) is 29.8 Å². The predicted octanol–water partition coefficient (Wildman–Crippen LogP) is 2.89. The summed E-state index contributed by atoms with van der Waals surface area (Å²) in [6, 6.07) is 14.8. The van der Waals surface area contributed by atoms with Gasteiger partial charge >= 0.3 is 0 Å². The van der Waals surface area contributed by atoms with Crippen LogP contribution in [0.2, 0.25) is 0 Å². The number of pyridine rings is 1. The Hall–Kier alpha value is -3.28. The number of methoxy groups -OCH3 is 1. The molecule has 4 rings (SSSR count). The van der Waals surface area contributed by atoms with Crippen molar-refractivity contribution in [3.05, 3.63) is 59.7 Å². The quantitative estimate of drug-likeness (QED) is 0.765. The third-order valence-corrected chi connectivity index (χ3v) is 4.30. The molecule has 0 spiro atoms. The van der Waals surface area contributed by atoms with Crippen LogP contribution in [0.4, 0.5) is 5.82 Å². The second kappa shape index (κ2) is 5.98. The molecule has 0 fully saturated rings. The van der Waals surface area contributed by atoms with Crippen molar-refractivity contribution in [3.8, 4) is 11.5 Å². The Morgan fingerprint density at radius 3 is 2.92 bits per heavy atom. The van der Waals surface area contributed by atoms with Gasteiger partial charge in [0.25, 0.3) is 5.91 Å². The number of primary amides is 1. The zero-order chi connectivity index (χ0) is 17.4. The molecule has 0 radical (unpaired) electrons. The lowest BCUT2D eigenvalue weighted by molar-refractivity contribution is 0.100. The number of aromatic nitrogens is 1. The minimum absolute atomic E-state index is 0.182. The number of hydrogen-bond donors (Lipinski definition) is 2. The van der Waals surface area contributed by atoms with Crippen LogP contribution in [0, 0.1) is 0 Å². The molecule has 6 nitrogen and oxygen atoms in total. The first kappa shape index (κ1) is 15.3. The van der Waals surface area contributed by atoms with E-state index in [4.69, 9.17) is 15.2 Å². The second-order valence-electron chi connectivity index (χ2n) is 5.82. The highest BCUT2D eigenvalue weighted by Crippen LogP contribution is 2.41. The van der Waals surface area contributed by atoms with Gasteiger partial charge < -0.3 is 20.5 Å². The SMILES string of the molecule is COc1cccc2c1C(Nc1nc3ccccc3cc1C(N)=O)CO2. The van der Waals surface area contributed by atoms with Crippen LogP contribution in [0.15, 0.2) is 48.5 Å². The topological polar surface area (TPSA) is 86.5 Å². The maximum Gasteiger partial charge on any atom is 0.252 e. The molecule has 0 saturated heterocycles. The number of ether oxygens (including phenoxy) is 2. The summed E-state index contributed by atoms with van der Waals surface area (Å²) in [5.74, 6) is 1.41. The number of amides is 1. The molecule has 1 unspecified atom stereocenters. The number of carbonyl (C=O) groups excluding carboxylic acids is 1. The maximum absolute atomic E-state index is 11.9. The number of nitrogens with zero attached hydrogens (tertiary/aromatic N) is 1. The van der Waals surface area contributed by atoms with E-state index in [1.165, 1.54) is 0 Å². The summed E-state index contributed by atoms with van der Waals surface area (Å²) in [6.45, 7) is 0.419. The molecule has 1 atom stereocenters. The van der Waals surface area contributed by atoms with Crippen LogP contribution in [-0.4, -0.2) is 24.6 Å². The first-order chi connectivity index (χ1) is 12.2. The van der Waals surface area contributed by atoms with Crippen LogP contribution in [0.25, 0.3) is 10.9 Å². The van der Waals surface area contributed by atoms with Gasteiger partial charge in [0.2, 0.25) is 0 Å². The van der Waals surface area contributed by atoms with Crippen LogP contribution in [-0.2, 0) is 0 Å². The van der Waals surface area contributed by atoms with Crippen molar-refractivity contribution in [2.24, 2.45) is 5.73 Å². The van der Waals surface area contributed by atoms with Gasteiger partial charge in [-0.25, -0.2) is 4.98 Å². The van der Waals surface area contributed by atoms with E-state index in [9.17, 15) is 4.79 Å².